The molecule has 466 valence electrons. The van der Waals surface area contributed by atoms with E-state index < -0.39 is 62.4 Å². The molecular weight excluding hydrogens is 1360 g/mol. The zero-order chi connectivity index (χ0) is 65.6. The molecule has 32 nitrogen and oxygen atoms in total. The van der Waals surface area contributed by atoms with Gasteiger partial charge in [-0.3, -0.25) is 29.3 Å². The van der Waals surface area contributed by atoms with Crippen molar-refractivity contribution in [1.29, 1.82) is 0 Å². The lowest BCUT2D eigenvalue weighted by Gasteiger charge is -2.15. The summed E-state index contributed by atoms with van der Waals surface area (Å²) in [4.78, 5) is 45.0. The van der Waals surface area contributed by atoms with Crippen LogP contribution in [0.5, 0.6) is 11.5 Å². The second-order valence-corrected chi connectivity index (χ2v) is 25.2. The molecule has 9 N–H and O–H groups in total. The van der Waals surface area contributed by atoms with Crippen LogP contribution in [0, 0.1) is 20.2 Å². The van der Waals surface area contributed by atoms with Gasteiger partial charge in [0.15, 0.2) is 34.2 Å². The van der Waals surface area contributed by atoms with Crippen molar-refractivity contribution in [3.05, 3.63) is 169 Å². The maximum absolute atomic E-state index is 12.8. The van der Waals surface area contributed by atoms with E-state index in [4.69, 9.17) is 23.2 Å². The molecule has 0 bridgehead atoms. The highest BCUT2D eigenvalue weighted by Gasteiger charge is 2.26. The summed E-state index contributed by atoms with van der Waals surface area (Å²) in [7, 11) is -10.1. The minimum Gasteiger partial charge on any atom is -0.505 e. The summed E-state index contributed by atoms with van der Waals surface area (Å²) >= 11 is 11.9. The van der Waals surface area contributed by atoms with Crippen LogP contribution in [0.15, 0.2) is 163 Å². The van der Waals surface area contributed by atoms with Crippen LogP contribution in [0.25, 0.3) is 53.9 Å². The van der Waals surface area contributed by atoms with Gasteiger partial charge in [-0.1, -0.05) is 48.6 Å². The molecule has 0 aliphatic rings. The van der Waals surface area contributed by atoms with E-state index in [1.807, 2.05) is 0 Å². The molecule has 0 amide bonds. The first-order valence-corrected chi connectivity index (χ1v) is 32.1. The minimum atomic E-state index is -5.21. The number of phenols is 2. The molecule has 12 aromatic rings. The maximum atomic E-state index is 12.8. The van der Waals surface area contributed by atoms with Gasteiger partial charge in [0.1, 0.15) is 21.2 Å². The summed E-state index contributed by atoms with van der Waals surface area (Å²) < 4.78 is 104. The molecule has 0 radical (unpaired) electrons. The number of halogens is 2. The quantitative estimate of drug-likeness (QED) is 0.00906. The van der Waals surface area contributed by atoms with Crippen LogP contribution >= 0.6 is 46.3 Å². The van der Waals surface area contributed by atoms with Gasteiger partial charge >= 0.3 is 0 Å². The number of azo groups is 2. The first kappa shape index (κ1) is 62.3. The largest absolute Gasteiger partial charge is 0.505 e. The molecule has 93 heavy (non-hydrogen) atoms. The average Bonchev–Trinajstić information content (AvgIpc) is 0.889. The second kappa shape index (κ2) is 25.1. The number of nitrogens with zero attached hydrogens (tertiary/aromatic N) is 14. The Kier molecular flexibility index (Phi) is 16.8. The van der Waals surface area contributed by atoms with Crippen molar-refractivity contribution in [3.8, 4) is 11.5 Å². The highest BCUT2D eigenvalue weighted by molar-refractivity contribution is 7.86. The first-order chi connectivity index (χ1) is 44.4. The molecule has 1 unspecified atom stereocenters. The number of aromatic nitrogens is 8. The molecule has 0 fully saturated rings. The molecule has 4 aromatic heterocycles. The van der Waals surface area contributed by atoms with Crippen LogP contribution in [0.3, 0.4) is 0 Å². The van der Waals surface area contributed by atoms with Gasteiger partial charge in [-0.25, -0.2) is 4.21 Å². The van der Waals surface area contributed by atoms with E-state index in [0.717, 1.165) is 47.3 Å². The highest BCUT2D eigenvalue weighted by atomic mass is 35.5. The first-order valence-electron chi connectivity index (χ1n) is 25.8. The Balaban J connectivity index is 0.754. The SMILES string of the molecule is O=[N+]([O-])c1ccc2snc(N=Nc3ccc4cccc(Nc5nc(Cl)nc(Nc6ccc(C=Cc7ccc(Nc8nc(Cl)nc(Nc9cc(S(=O)O)cc%10cc(S(=O)(=O)O)c(N=Nc%11nsc%12ccc([N+](=O)[O-])cc%11%12)c(O)c9%10)n8)cc7)c(S(=O)(=O)O)c6)n5)c4c3O)c2c1. The average molecular weight is 1390 g/mol. The van der Waals surface area contributed by atoms with Crippen molar-refractivity contribution >= 4 is 212 Å². The van der Waals surface area contributed by atoms with Crippen molar-refractivity contribution in [3.63, 3.8) is 0 Å². The molecule has 4 heterocycles. The number of rotatable bonds is 19. The van der Waals surface area contributed by atoms with Gasteiger partial charge < -0.3 is 36.0 Å². The van der Waals surface area contributed by atoms with Crippen LogP contribution in [0.1, 0.15) is 11.1 Å². The molecular formula is C54H32Cl2N18O14S5. The molecule has 1 atom stereocenters. The van der Waals surface area contributed by atoms with E-state index in [1.165, 1.54) is 54.6 Å². The third-order valence-corrected chi connectivity index (χ3v) is 17.7. The van der Waals surface area contributed by atoms with Gasteiger partial charge in [-0.15, -0.1) is 20.5 Å². The van der Waals surface area contributed by atoms with Gasteiger partial charge in [0.05, 0.1) is 35.5 Å². The lowest BCUT2D eigenvalue weighted by molar-refractivity contribution is -0.384. The molecule has 0 spiro atoms. The van der Waals surface area contributed by atoms with Gasteiger partial charge in [0.2, 0.25) is 34.4 Å². The molecule has 8 aromatic carbocycles. The third-order valence-electron chi connectivity index (χ3n) is 13.3. The standard InChI is InChI=1S/C54H32Cl2N18O14S5/c55-49-61-51(65-54(64-49)60-37-23-32(91(81)82)18-27-19-41(93(86,87)88)44(46(76)43(27)37)68-70-48-34-22-31(74(79)80)14-17-39(34)90-72-48)57-28-10-5-24(6-11-28)4-7-25-8-12-29(20-40(25)92(83,84)85)58-52-62-50(56)63-53(66-52)59-35-3-1-2-26-9-15-36(45(75)42(26)35)67-69-47-33-21-30(73(77)78)13-16-38(33)89-71-47/h1-23,75-76H,(H,81,82)(H,83,84,85)(H,86,87,88)(H2,57,60,61,64,65)(H2,58,59,62,63,66). The fraction of sp³-hybridized carbons (Fsp3) is 0. The van der Waals surface area contributed by atoms with Crippen LogP contribution in [0.2, 0.25) is 10.6 Å². The Labute approximate surface area is 539 Å². The van der Waals surface area contributed by atoms with Crippen LogP contribution < -0.4 is 21.3 Å². The monoisotopic (exact) mass is 1390 g/mol. The summed E-state index contributed by atoms with van der Waals surface area (Å²) in [5, 5.41) is 74.2. The number of hydrogen-bond acceptors (Lipinski definition) is 29. The maximum Gasteiger partial charge on any atom is 0.296 e. The van der Waals surface area contributed by atoms with E-state index in [1.54, 1.807) is 60.7 Å². The summed E-state index contributed by atoms with van der Waals surface area (Å²) in [6.45, 7) is 0. The number of fused-ring (bicyclic) bond motifs is 4. The topological polar surface area (TPSA) is 473 Å². The number of nitro groups is 2. The fourth-order valence-electron chi connectivity index (χ4n) is 9.14. The predicted molar refractivity (Wildman–Crippen MR) is 345 cm³/mol. The van der Waals surface area contributed by atoms with E-state index in [2.05, 4.69) is 80.4 Å². The molecule has 0 aliphatic heterocycles. The highest BCUT2D eigenvalue weighted by Crippen LogP contribution is 2.47. The Morgan fingerprint density at radius 3 is 1.68 bits per heavy atom. The van der Waals surface area contributed by atoms with Crippen molar-refractivity contribution in [2.75, 3.05) is 21.3 Å². The summed E-state index contributed by atoms with van der Waals surface area (Å²) in [6.07, 6.45) is 2.98. The van der Waals surface area contributed by atoms with E-state index in [-0.39, 0.29) is 112 Å². The molecule has 0 aliphatic carbocycles. The van der Waals surface area contributed by atoms with Crippen molar-refractivity contribution in [2.45, 2.75) is 14.7 Å². The van der Waals surface area contributed by atoms with Crippen molar-refractivity contribution in [1.82, 2.24) is 38.7 Å². The van der Waals surface area contributed by atoms with Crippen LogP contribution in [-0.2, 0) is 31.3 Å². The Bertz CT molecular complexity index is 5500. The number of nitro benzene ring substituents is 2. The number of aromatic hydroxyl groups is 2. The predicted octanol–water partition coefficient (Wildman–Crippen LogP) is 14.2. The Hall–Kier alpha value is -10.9. The summed E-state index contributed by atoms with van der Waals surface area (Å²) in [5.74, 6) is -2.03. The number of hydrogen-bond donors (Lipinski definition) is 9. The molecule has 0 saturated carbocycles. The number of non-ortho nitro benzene ring substituents is 2. The Morgan fingerprint density at radius 1 is 0.548 bits per heavy atom. The second-order valence-electron chi connectivity index (χ2n) is 19.2. The minimum absolute atomic E-state index is 0.0371. The van der Waals surface area contributed by atoms with Crippen molar-refractivity contribution < 1.29 is 54.8 Å². The summed E-state index contributed by atoms with van der Waals surface area (Å²) in [5.41, 5.74) is -0.0622. The van der Waals surface area contributed by atoms with Crippen LogP contribution in [0.4, 0.5) is 80.9 Å². The van der Waals surface area contributed by atoms with Gasteiger partial charge in [-0.05, 0) is 135 Å². The lowest BCUT2D eigenvalue weighted by atomic mass is 10.1. The lowest BCUT2D eigenvalue weighted by Crippen LogP contribution is -2.06. The molecule has 0 saturated heterocycles. The van der Waals surface area contributed by atoms with Crippen molar-refractivity contribution in [2.24, 2.45) is 20.5 Å². The number of phenolic OH excluding ortho intramolecular Hbond substituents is 2. The number of anilines is 8. The Morgan fingerprint density at radius 2 is 1.10 bits per heavy atom. The van der Waals surface area contributed by atoms with E-state index in [0.29, 0.717) is 37.1 Å². The van der Waals surface area contributed by atoms with E-state index in [9.17, 15) is 65.1 Å². The van der Waals surface area contributed by atoms with Gasteiger partial charge in [0.25, 0.3) is 31.6 Å². The fourth-order valence-corrected chi connectivity index (χ4v) is 12.7. The summed E-state index contributed by atoms with van der Waals surface area (Å²) in [6, 6.07) is 29.8. The zero-order valence-corrected chi connectivity index (χ0v) is 51.3. The molecule has 39 heteroatoms. The number of nitrogens with one attached hydrogen (secondary N) is 4. The third kappa shape index (κ3) is 13.5. The smallest absolute Gasteiger partial charge is 0.296 e. The van der Waals surface area contributed by atoms with E-state index >= 15 is 0 Å². The van der Waals surface area contributed by atoms with Gasteiger partial charge in [0, 0.05) is 57.2 Å². The normalized spacial score (nSPS) is 12.4. The molecule has 12 rings (SSSR count). The number of benzene rings is 8. The van der Waals surface area contributed by atoms with Crippen LogP contribution in [-0.4, -0.2) is 93.4 Å². The van der Waals surface area contributed by atoms with Gasteiger partial charge in [-0.2, -0.15) is 55.5 Å². The zero-order valence-electron chi connectivity index (χ0n) is 45.7.